The molecule has 0 unspecified atom stereocenters. The molecular weight excluding hydrogens is 318 g/mol. The summed E-state index contributed by atoms with van der Waals surface area (Å²) < 4.78 is 13.9. The van der Waals surface area contributed by atoms with Gasteiger partial charge in [-0.3, -0.25) is 4.52 Å². The van der Waals surface area contributed by atoms with Crippen molar-refractivity contribution in [1.82, 2.24) is 0 Å². The maximum Gasteiger partial charge on any atom is 0.469 e. The molecule has 0 aliphatic carbocycles. The van der Waals surface area contributed by atoms with Gasteiger partial charge in [0.15, 0.2) is 0 Å². The molecule has 0 rings (SSSR count). The maximum absolute atomic E-state index is 9.86. The Morgan fingerprint density at radius 1 is 0.818 bits per heavy atom. The molecule has 6 heteroatoms. The van der Waals surface area contributed by atoms with Crippen molar-refractivity contribution in [1.29, 1.82) is 0 Å². The van der Waals surface area contributed by atoms with Gasteiger partial charge in [0.2, 0.25) is 0 Å². The summed E-state index contributed by atoms with van der Waals surface area (Å²) in [6, 6.07) is 0. The fraction of sp³-hybridized carbons (Fsp3) is 1.00. The van der Waals surface area contributed by atoms with Gasteiger partial charge in [0.05, 0.1) is 6.61 Å². The summed E-state index contributed by atoms with van der Waals surface area (Å²) in [5.41, 5.74) is 0. The quantitative estimate of drug-likeness (QED) is 0.466. The van der Waals surface area contributed by atoms with Gasteiger partial charge in [-0.05, 0) is 6.42 Å². The summed E-state index contributed by atoms with van der Waals surface area (Å²) in [7, 11) is -4.99. The second-order valence-corrected chi connectivity index (χ2v) is 12.8. The van der Waals surface area contributed by atoms with Crippen molar-refractivity contribution >= 4 is 15.1 Å². The number of phosphoric acid groups is 1. The molecule has 138 valence electrons. The Labute approximate surface area is 139 Å². The zero-order chi connectivity index (χ0) is 17.5. The molecule has 22 heavy (non-hydrogen) atoms. The van der Waals surface area contributed by atoms with Gasteiger partial charge >= 0.3 is 99.5 Å². The minimum atomic E-state index is -4.18. The molecule has 0 saturated carbocycles. The number of rotatable bonds is 12. The van der Waals surface area contributed by atoms with Crippen LogP contribution in [0.1, 0.15) is 72.6 Å². The van der Waals surface area contributed by atoms with Gasteiger partial charge < -0.3 is 9.79 Å². The minimum Gasteiger partial charge on any atom is -0.303 e. The summed E-state index contributed by atoms with van der Waals surface area (Å²) in [5, 5.41) is 0. The standard InChI is InChI=1S/C13H31P.C3H9O4P/c1-5-8-11-14(4,12-9-6-2)13-10-7-3;1-2-3-7-8(4,5)6/h14H,5-13H2,1-4H3;2-3H2,1H3,(H2,4,5,6). The largest absolute Gasteiger partial charge is 0.469 e. The van der Waals surface area contributed by atoms with E-state index in [0.717, 1.165) is 0 Å². The van der Waals surface area contributed by atoms with Gasteiger partial charge in [0.25, 0.3) is 0 Å². The van der Waals surface area contributed by atoms with Gasteiger partial charge in [-0.1, -0.05) is 6.92 Å². The fourth-order valence-corrected chi connectivity index (χ4v) is 7.19. The van der Waals surface area contributed by atoms with E-state index >= 15 is 0 Å². The van der Waals surface area contributed by atoms with Crippen molar-refractivity contribution in [3.8, 4) is 0 Å². The molecule has 0 aromatic rings. The topological polar surface area (TPSA) is 66.8 Å². The SMILES string of the molecule is CCCC[PH](C)(CCCC)CCCC.CCCOP(=O)(O)O. The first-order valence-electron chi connectivity index (χ1n) is 8.94. The van der Waals surface area contributed by atoms with Crippen LogP contribution >= 0.6 is 15.1 Å². The number of hydrogen-bond donors (Lipinski definition) is 2. The Kier molecular flexibility index (Phi) is 17.0. The van der Waals surface area contributed by atoms with Crippen LogP contribution in [0.25, 0.3) is 0 Å². The van der Waals surface area contributed by atoms with Crippen LogP contribution in [-0.2, 0) is 9.09 Å². The number of phosphoric ester groups is 1. The molecule has 4 nitrogen and oxygen atoms in total. The van der Waals surface area contributed by atoms with E-state index in [4.69, 9.17) is 9.79 Å². The van der Waals surface area contributed by atoms with Crippen molar-refractivity contribution < 1.29 is 18.9 Å². The zero-order valence-corrected chi connectivity index (χ0v) is 17.3. The smallest absolute Gasteiger partial charge is 0.303 e. The molecule has 0 spiro atoms. The Balaban J connectivity index is 0. The van der Waals surface area contributed by atoms with Gasteiger partial charge in [-0.25, -0.2) is 4.57 Å². The van der Waals surface area contributed by atoms with Gasteiger partial charge in [0, 0.05) is 0 Å². The normalized spacial score (nSPS) is 12.7. The Morgan fingerprint density at radius 3 is 1.36 bits per heavy atom. The first kappa shape index (κ1) is 24.8. The van der Waals surface area contributed by atoms with Crippen molar-refractivity contribution in [2.75, 3.05) is 31.8 Å². The van der Waals surface area contributed by atoms with E-state index in [9.17, 15) is 4.57 Å². The molecule has 0 aliphatic rings. The van der Waals surface area contributed by atoms with Gasteiger partial charge in [0.1, 0.15) is 0 Å². The summed E-state index contributed by atoms with van der Waals surface area (Å²) in [6.07, 6.45) is 14.0. The fourth-order valence-electron chi connectivity index (χ4n) is 2.40. The van der Waals surface area contributed by atoms with Crippen molar-refractivity contribution in [3.05, 3.63) is 0 Å². The second-order valence-electron chi connectivity index (χ2n) is 6.45. The molecule has 2 N–H and O–H groups in total. The average molecular weight is 358 g/mol. The van der Waals surface area contributed by atoms with Crippen LogP contribution in [0, 0.1) is 0 Å². The average Bonchev–Trinajstić information content (AvgIpc) is 2.47. The molecule has 0 aromatic heterocycles. The van der Waals surface area contributed by atoms with E-state index in [1.165, 1.54) is 38.5 Å². The molecule has 0 atom stereocenters. The number of unbranched alkanes of at least 4 members (excludes halogenated alkanes) is 3. The second kappa shape index (κ2) is 15.1. The Morgan fingerprint density at radius 2 is 1.18 bits per heavy atom. The first-order chi connectivity index (χ1) is 10.2. The third kappa shape index (κ3) is 18.6. The van der Waals surface area contributed by atoms with Crippen LogP contribution in [0.5, 0.6) is 0 Å². The summed E-state index contributed by atoms with van der Waals surface area (Å²) in [6.45, 7) is 11.5. The summed E-state index contributed by atoms with van der Waals surface area (Å²) in [5.74, 6) is 0. The zero-order valence-electron chi connectivity index (χ0n) is 15.4. The predicted molar refractivity (Wildman–Crippen MR) is 102 cm³/mol. The van der Waals surface area contributed by atoms with Crippen LogP contribution < -0.4 is 0 Å². The molecule has 0 amide bonds. The van der Waals surface area contributed by atoms with Crippen molar-refractivity contribution in [2.24, 2.45) is 0 Å². The van der Waals surface area contributed by atoms with E-state index < -0.39 is 15.1 Å². The van der Waals surface area contributed by atoms with Crippen molar-refractivity contribution in [3.63, 3.8) is 0 Å². The third-order valence-corrected chi connectivity index (χ3v) is 9.07. The predicted octanol–water partition coefficient (Wildman–Crippen LogP) is 5.27. The first-order valence-corrected chi connectivity index (χ1v) is 13.6. The molecular formula is C16H40O4P2. The van der Waals surface area contributed by atoms with Crippen LogP contribution in [0.2, 0.25) is 0 Å². The monoisotopic (exact) mass is 358 g/mol. The molecule has 0 heterocycles. The Hall–Kier alpha value is 0.540. The molecule has 0 saturated heterocycles. The number of hydrogen-bond acceptors (Lipinski definition) is 2. The van der Waals surface area contributed by atoms with Crippen LogP contribution in [0.4, 0.5) is 0 Å². The van der Waals surface area contributed by atoms with E-state index in [1.807, 2.05) is 0 Å². The molecule has 0 fully saturated rings. The molecule has 0 aliphatic heterocycles. The van der Waals surface area contributed by atoms with Crippen molar-refractivity contribution in [2.45, 2.75) is 72.6 Å². The minimum absolute atomic E-state index is 0.115. The summed E-state index contributed by atoms with van der Waals surface area (Å²) >= 11 is 0. The third-order valence-electron chi connectivity index (χ3n) is 3.87. The van der Waals surface area contributed by atoms with E-state index in [1.54, 1.807) is 25.4 Å². The van der Waals surface area contributed by atoms with Crippen LogP contribution in [-0.4, -0.2) is 41.5 Å². The van der Waals surface area contributed by atoms with E-state index in [0.29, 0.717) is 6.42 Å². The van der Waals surface area contributed by atoms with Gasteiger partial charge in [-0.2, -0.15) is 0 Å². The summed E-state index contributed by atoms with van der Waals surface area (Å²) in [4.78, 5) is 16.1. The molecule has 0 aromatic carbocycles. The molecule has 0 bridgehead atoms. The Bertz CT molecular complexity index is 258. The molecule has 0 radical (unpaired) electrons. The van der Waals surface area contributed by atoms with E-state index in [2.05, 4.69) is 32.0 Å². The van der Waals surface area contributed by atoms with Crippen LogP contribution in [0.15, 0.2) is 0 Å². The van der Waals surface area contributed by atoms with Crippen LogP contribution in [0.3, 0.4) is 0 Å². The maximum atomic E-state index is 9.86. The van der Waals surface area contributed by atoms with Gasteiger partial charge in [-0.15, -0.1) is 0 Å². The van der Waals surface area contributed by atoms with E-state index in [-0.39, 0.29) is 6.61 Å².